The molecule has 3 nitrogen and oxygen atoms in total. The molecule has 3 aliphatic rings. The van der Waals surface area contributed by atoms with E-state index in [1.54, 1.807) is 0 Å². The summed E-state index contributed by atoms with van der Waals surface area (Å²) in [4.78, 5) is 5.19. The minimum absolute atomic E-state index is 0.825. The highest BCUT2D eigenvalue weighted by molar-refractivity contribution is 6.30. The van der Waals surface area contributed by atoms with Gasteiger partial charge in [-0.3, -0.25) is 4.90 Å². The van der Waals surface area contributed by atoms with E-state index in [1.165, 1.54) is 64.0 Å². The fourth-order valence-corrected chi connectivity index (χ4v) is 4.88. The monoisotopic (exact) mass is 362 g/mol. The molecule has 0 aromatic heterocycles. The summed E-state index contributed by atoms with van der Waals surface area (Å²) >= 11 is 5.96. The lowest BCUT2D eigenvalue weighted by molar-refractivity contribution is 0.0967. The SMILES string of the molecule is Clc1ccc(CN2C[C@@H]3[C@@H](COCCCN4CCCCC4)[C@@H]3C2)cc1. The van der Waals surface area contributed by atoms with E-state index in [4.69, 9.17) is 16.3 Å². The third-order valence-corrected chi connectivity index (χ3v) is 6.54. The Hall–Kier alpha value is -0.610. The van der Waals surface area contributed by atoms with Gasteiger partial charge in [-0.1, -0.05) is 30.2 Å². The van der Waals surface area contributed by atoms with Gasteiger partial charge >= 0.3 is 0 Å². The summed E-state index contributed by atoms with van der Waals surface area (Å²) in [6.45, 7) is 9.32. The highest BCUT2D eigenvalue weighted by Gasteiger charge is 2.55. The Labute approximate surface area is 157 Å². The number of rotatable bonds is 8. The number of nitrogens with zero attached hydrogens (tertiary/aromatic N) is 2. The zero-order chi connectivity index (χ0) is 17.1. The second-order valence-electron chi connectivity index (χ2n) is 8.14. The van der Waals surface area contributed by atoms with Crippen molar-refractivity contribution >= 4 is 11.6 Å². The van der Waals surface area contributed by atoms with E-state index in [-0.39, 0.29) is 0 Å². The average Bonchev–Trinajstić information content (AvgIpc) is 3.09. The number of fused-ring (bicyclic) bond motifs is 1. The third kappa shape index (κ3) is 4.77. The Morgan fingerprint density at radius 1 is 0.960 bits per heavy atom. The van der Waals surface area contributed by atoms with E-state index < -0.39 is 0 Å². The van der Waals surface area contributed by atoms with Crippen LogP contribution in [-0.2, 0) is 11.3 Å². The number of ether oxygens (including phenoxy) is 1. The first-order valence-corrected chi connectivity index (χ1v) is 10.4. The van der Waals surface area contributed by atoms with Crippen LogP contribution in [0.4, 0.5) is 0 Å². The Bertz CT molecular complexity index is 531. The largest absolute Gasteiger partial charge is 0.381 e. The summed E-state index contributed by atoms with van der Waals surface area (Å²) in [6, 6.07) is 8.28. The quantitative estimate of drug-likeness (QED) is 0.652. The number of hydrogen-bond donors (Lipinski definition) is 0. The average molecular weight is 363 g/mol. The molecule has 2 aliphatic heterocycles. The molecule has 0 radical (unpaired) electrons. The molecule has 3 fully saturated rings. The van der Waals surface area contributed by atoms with Gasteiger partial charge in [0.05, 0.1) is 6.61 Å². The van der Waals surface area contributed by atoms with E-state index >= 15 is 0 Å². The lowest BCUT2D eigenvalue weighted by Gasteiger charge is -2.26. The molecular weight excluding hydrogens is 332 g/mol. The van der Waals surface area contributed by atoms with Gasteiger partial charge in [0.2, 0.25) is 0 Å². The van der Waals surface area contributed by atoms with Crippen LogP contribution >= 0.6 is 11.6 Å². The molecule has 0 amide bonds. The maximum absolute atomic E-state index is 5.99. The van der Waals surface area contributed by atoms with E-state index in [9.17, 15) is 0 Å². The van der Waals surface area contributed by atoms with Crippen LogP contribution < -0.4 is 0 Å². The molecule has 3 atom stereocenters. The summed E-state index contributed by atoms with van der Waals surface area (Å²) in [5, 5.41) is 0.825. The first kappa shape index (κ1) is 17.8. The zero-order valence-electron chi connectivity index (χ0n) is 15.2. The normalized spacial score (nSPS) is 29.7. The molecule has 2 heterocycles. The van der Waals surface area contributed by atoms with Gasteiger partial charge in [-0.05, 0) is 67.8 Å². The van der Waals surface area contributed by atoms with Crippen molar-refractivity contribution in [3.63, 3.8) is 0 Å². The van der Waals surface area contributed by atoms with Crippen molar-refractivity contribution in [2.24, 2.45) is 17.8 Å². The van der Waals surface area contributed by atoms with Crippen molar-refractivity contribution in [1.82, 2.24) is 9.80 Å². The Morgan fingerprint density at radius 2 is 1.68 bits per heavy atom. The van der Waals surface area contributed by atoms with Crippen LogP contribution in [0.5, 0.6) is 0 Å². The van der Waals surface area contributed by atoms with Gasteiger partial charge in [-0.15, -0.1) is 0 Å². The van der Waals surface area contributed by atoms with Gasteiger partial charge in [0.1, 0.15) is 0 Å². The summed E-state index contributed by atoms with van der Waals surface area (Å²) in [5.74, 6) is 2.60. The van der Waals surface area contributed by atoms with E-state index in [1.807, 2.05) is 12.1 Å². The Balaban J connectivity index is 1.07. The van der Waals surface area contributed by atoms with Crippen LogP contribution in [0, 0.1) is 17.8 Å². The molecule has 0 bridgehead atoms. The number of halogens is 1. The second-order valence-corrected chi connectivity index (χ2v) is 8.58. The molecule has 138 valence electrons. The summed E-state index contributed by atoms with van der Waals surface area (Å²) in [6.07, 6.45) is 5.40. The van der Waals surface area contributed by atoms with E-state index in [2.05, 4.69) is 21.9 Å². The van der Waals surface area contributed by atoms with Gasteiger partial charge in [0.25, 0.3) is 0 Å². The maximum atomic E-state index is 5.99. The second kappa shape index (κ2) is 8.39. The molecule has 2 saturated heterocycles. The fourth-order valence-electron chi connectivity index (χ4n) is 4.75. The number of piperidine rings is 2. The van der Waals surface area contributed by atoms with Crippen molar-refractivity contribution < 1.29 is 4.74 Å². The first-order valence-electron chi connectivity index (χ1n) is 10.1. The van der Waals surface area contributed by atoms with E-state index in [0.29, 0.717) is 0 Å². The van der Waals surface area contributed by atoms with Crippen molar-refractivity contribution in [3.8, 4) is 0 Å². The fraction of sp³-hybridized carbons (Fsp3) is 0.714. The third-order valence-electron chi connectivity index (χ3n) is 6.29. The number of benzene rings is 1. The smallest absolute Gasteiger partial charge is 0.0500 e. The van der Waals surface area contributed by atoms with Crippen molar-refractivity contribution in [1.29, 1.82) is 0 Å². The molecule has 4 rings (SSSR count). The van der Waals surface area contributed by atoms with Gasteiger partial charge in [-0.25, -0.2) is 0 Å². The van der Waals surface area contributed by atoms with Gasteiger partial charge in [0, 0.05) is 37.8 Å². The molecule has 1 saturated carbocycles. The molecule has 25 heavy (non-hydrogen) atoms. The number of likely N-dealkylation sites (tertiary alicyclic amines) is 2. The van der Waals surface area contributed by atoms with Crippen molar-refractivity contribution in [2.75, 3.05) is 45.9 Å². The molecule has 1 aliphatic carbocycles. The topological polar surface area (TPSA) is 15.7 Å². The highest BCUT2D eigenvalue weighted by Crippen LogP contribution is 2.52. The Kier molecular flexibility index (Phi) is 5.97. The molecule has 0 spiro atoms. The minimum Gasteiger partial charge on any atom is -0.381 e. The summed E-state index contributed by atoms with van der Waals surface area (Å²) in [5.41, 5.74) is 1.37. The highest BCUT2D eigenvalue weighted by atomic mass is 35.5. The molecule has 1 aromatic rings. The van der Waals surface area contributed by atoms with Crippen LogP contribution in [0.3, 0.4) is 0 Å². The lowest BCUT2D eigenvalue weighted by Crippen LogP contribution is -2.31. The van der Waals surface area contributed by atoms with Gasteiger partial charge in [-0.2, -0.15) is 0 Å². The van der Waals surface area contributed by atoms with Crippen LogP contribution in [0.15, 0.2) is 24.3 Å². The standard InChI is InChI=1S/C21H31ClN2O/c22-18-7-5-17(6-8-18)13-24-14-19-20(15-24)21(19)16-25-12-4-11-23-9-2-1-3-10-23/h5-8,19-21H,1-4,9-16H2/t19-,20+,21+. The first-order chi connectivity index (χ1) is 12.3. The zero-order valence-corrected chi connectivity index (χ0v) is 16.0. The van der Waals surface area contributed by atoms with Gasteiger partial charge < -0.3 is 9.64 Å². The lowest BCUT2D eigenvalue weighted by atomic mass is 10.1. The van der Waals surface area contributed by atoms with Crippen molar-refractivity contribution in [2.45, 2.75) is 32.2 Å². The maximum Gasteiger partial charge on any atom is 0.0500 e. The molecule has 0 N–H and O–H groups in total. The Morgan fingerprint density at radius 3 is 2.40 bits per heavy atom. The molecular formula is C21H31ClN2O. The van der Waals surface area contributed by atoms with Gasteiger partial charge in [0.15, 0.2) is 0 Å². The van der Waals surface area contributed by atoms with Crippen LogP contribution in [0.25, 0.3) is 0 Å². The molecule has 4 heteroatoms. The predicted molar refractivity (Wildman–Crippen MR) is 103 cm³/mol. The molecule has 0 unspecified atom stereocenters. The van der Waals surface area contributed by atoms with Crippen LogP contribution in [0.1, 0.15) is 31.2 Å². The van der Waals surface area contributed by atoms with Crippen molar-refractivity contribution in [3.05, 3.63) is 34.9 Å². The summed E-state index contributed by atoms with van der Waals surface area (Å²) in [7, 11) is 0. The number of hydrogen-bond acceptors (Lipinski definition) is 3. The minimum atomic E-state index is 0.825. The van der Waals surface area contributed by atoms with Crippen LogP contribution in [-0.4, -0.2) is 55.7 Å². The molecule has 1 aromatic carbocycles. The summed E-state index contributed by atoms with van der Waals surface area (Å²) < 4.78 is 5.99. The van der Waals surface area contributed by atoms with E-state index in [0.717, 1.165) is 42.5 Å². The van der Waals surface area contributed by atoms with Crippen LogP contribution in [0.2, 0.25) is 5.02 Å². The predicted octanol–water partition coefficient (Wildman–Crippen LogP) is 3.91.